The van der Waals surface area contributed by atoms with Gasteiger partial charge < -0.3 is 4.40 Å². The first-order valence-electron chi connectivity index (χ1n) is 5.76. The minimum absolute atomic E-state index is 0.0880. The van der Waals surface area contributed by atoms with E-state index in [1.165, 1.54) is 10.5 Å². The maximum absolute atomic E-state index is 12.9. The highest BCUT2D eigenvalue weighted by molar-refractivity contribution is 9.10. The highest BCUT2D eigenvalue weighted by Gasteiger charge is 2.33. The molecule has 2 nitrogen and oxygen atoms in total. The summed E-state index contributed by atoms with van der Waals surface area (Å²) in [6, 6.07) is 9.68. The summed E-state index contributed by atoms with van der Waals surface area (Å²) in [5.41, 5.74) is 0.440. The van der Waals surface area contributed by atoms with Gasteiger partial charge >= 0.3 is 6.18 Å². The van der Waals surface area contributed by atoms with Crippen LogP contribution in [0.2, 0.25) is 0 Å². The number of pyridine rings is 1. The Morgan fingerprint density at radius 2 is 1.90 bits per heavy atom. The molecule has 3 rings (SSSR count). The number of aromatic nitrogens is 2. The Kier molecular flexibility index (Phi) is 3.05. The Labute approximate surface area is 121 Å². The normalized spacial score (nSPS) is 12.0. The molecule has 0 amide bonds. The zero-order valence-electron chi connectivity index (χ0n) is 10.0. The summed E-state index contributed by atoms with van der Waals surface area (Å²) < 4.78 is 41.0. The number of halogens is 4. The second-order valence-electron chi connectivity index (χ2n) is 4.29. The number of rotatable bonds is 1. The van der Waals surface area contributed by atoms with Crippen LogP contribution in [-0.2, 0) is 6.18 Å². The molecule has 0 saturated carbocycles. The molecule has 0 aliphatic rings. The second kappa shape index (κ2) is 4.63. The van der Waals surface area contributed by atoms with Crippen LogP contribution in [0.25, 0.3) is 16.9 Å². The molecule has 2 aromatic heterocycles. The van der Waals surface area contributed by atoms with Crippen molar-refractivity contribution < 1.29 is 13.2 Å². The lowest BCUT2D eigenvalue weighted by Gasteiger charge is -2.06. The van der Waals surface area contributed by atoms with Crippen molar-refractivity contribution in [3.63, 3.8) is 0 Å². The zero-order chi connectivity index (χ0) is 14.3. The number of alkyl halides is 3. The van der Waals surface area contributed by atoms with Crippen molar-refractivity contribution in [3.05, 3.63) is 58.8 Å². The average Bonchev–Trinajstić information content (AvgIpc) is 2.81. The minimum atomic E-state index is -4.41. The molecule has 102 valence electrons. The first-order valence-corrected chi connectivity index (χ1v) is 6.55. The molecule has 0 aliphatic carbocycles. The van der Waals surface area contributed by atoms with Gasteiger partial charge in [-0.1, -0.05) is 28.1 Å². The van der Waals surface area contributed by atoms with Crippen molar-refractivity contribution in [2.24, 2.45) is 0 Å². The molecular formula is C14H8BrF3N2. The smallest absolute Gasteiger partial charge is 0.306 e. The van der Waals surface area contributed by atoms with Crippen LogP contribution >= 0.6 is 15.9 Å². The van der Waals surface area contributed by atoms with Crippen molar-refractivity contribution in [2.75, 3.05) is 0 Å². The van der Waals surface area contributed by atoms with Crippen LogP contribution in [0.4, 0.5) is 13.2 Å². The Morgan fingerprint density at radius 1 is 1.10 bits per heavy atom. The van der Waals surface area contributed by atoms with E-state index >= 15 is 0 Å². The summed E-state index contributed by atoms with van der Waals surface area (Å²) in [5.74, 6) is 0. The van der Waals surface area contributed by atoms with Crippen molar-refractivity contribution >= 4 is 21.6 Å². The SMILES string of the molecule is FC(F)(F)c1cccn2cc(-c3cccc(Br)c3)nc12. The Morgan fingerprint density at radius 3 is 2.60 bits per heavy atom. The number of fused-ring (bicyclic) bond motifs is 1. The lowest BCUT2D eigenvalue weighted by Crippen LogP contribution is -2.07. The Balaban J connectivity index is 2.21. The third kappa shape index (κ3) is 2.31. The maximum Gasteiger partial charge on any atom is 0.419 e. The molecule has 3 aromatic rings. The Bertz CT molecular complexity index is 777. The highest BCUT2D eigenvalue weighted by atomic mass is 79.9. The van der Waals surface area contributed by atoms with Gasteiger partial charge in [0.15, 0.2) is 0 Å². The molecule has 0 radical (unpaired) electrons. The quantitative estimate of drug-likeness (QED) is 0.623. The van der Waals surface area contributed by atoms with Crippen LogP contribution in [0.5, 0.6) is 0 Å². The molecule has 0 spiro atoms. The molecule has 0 saturated heterocycles. The third-order valence-corrected chi connectivity index (χ3v) is 3.40. The van der Waals surface area contributed by atoms with Gasteiger partial charge in [-0.3, -0.25) is 0 Å². The summed E-state index contributed by atoms with van der Waals surface area (Å²) in [7, 11) is 0. The number of benzene rings is 1. The molecule has 20 heavy (non-hydrogen) atoms. The molecule has 0 atom stereocenters. The summed E-state index contributed by atoms with van der Waals surface area (Å²) in [5, 5.41) is 0. The van der Waals surface area contributed by atoms with Gasteiger partial charge in [-0.2, -0.15) is 13.2 Å². The van der Waals surface area contributed by atoms with Gasteiger partial charge in [0, 0.05) is 22.4 Å². The predicted molar refractivity (Wildman–Crippen MR) is 73.3 cm³/mol. The fraction of sp³-hybridized carbons (Fsp3) is 0.0714. The first kappa shape index (κ1) is 13.2. The standard InChI is InChI=1S/C14H8BrF3N2/c15-10-4-1-3-9(7-10)12-8-20-6-2-5-11(13(20)19-12)14(16,17)18/h1-8H. The molecular weight excluding hydrogens is 333 g/mol. The summed E-state index contributed by atoms with van der Waals surface area (Å²) in [4.78, 5) is 4.11. The monoisotopic (exact) mass is 340 g/mol. The first-order chi connectivity index (χ1) is 9.45. The summed E-state index contributed by atoms with van der Waals surface area (Å²) in [6.45, 7) is 0. The molecule has 0 bridgehead atoms. The van der Waals surface area contributed by atoms with E-state index < -0.39 is 11.7 Å². The Hall–Kier alpha value is -1.82. The molecule has 2 heterocycles. The fourth-order valence-electron chi connectivity index (χ4n) is 2.02. The van der Waals surface area contributed by atoms with E-state index in [2.05, 4.69) is 20.9 Å². The number of imidazole rings is 1. The molecule has 6 heteroatoms. The van der Waals surface area contributed by atoms with Crippen LogP contribution in [0.15, 0.2) is 53.3 Å². The highest BCUT2D eigenvalue weighted by Crippen LogP contribution is 2.33. The van der Waals surface area contributed by atoms with Gasteiger partial charge in [-0.15, -0.1) is 0 Å². The van der Waals surface area contributed by atoms with Crippen molar-refractivity contribution in [1.82, 2.24) is 9.38 Å². The van der Waals surface area contributed by atoms with Crippen LogP contribution < -0.4 is 0 Å². The van der Waals surface area contributed by atoms with Crippen molar-refractivity contribution in [1.29, 1.82) is 0 Å². The van der Waals surface area contributed by atoms with E-state index in [9.17, 15) is 13.2 Å². The van der Waals surface area contributed by atoms with Crippen molar-refractivity contribution in [2.45, 2.75) is 6.18 Å². The molecule has 0 fully saturated rings. The molecule has 1 aromatic carbocycles. The molecule has 0 aliphatic heterocycles. The van der Waals surface area contributed by atoms with Gasteiger partial charge in [0.1, 0.15) is 5.65 Å². The van der Waals surface area contributed by atoms with Gasteiger partial charge in [0.25, 0.3) is 0 Å². The maximum atomic E-state index is 12.9. The second-order valence-corrected chi connectivity index (χ2v) is 5.20. The van der Waals surface area contributed by atoms with Crippen LogP contribution in [0.1, 0.15) is 5.56 Å². The lowest BCUT2D eigenvalue weighted by molar-refractivity contribution is -0.136. The summed E-state index contributed by atoms with van der Waals surface area (Å²) >= 11 is 3.33. The fourth-order valence-corrected chi connectivity index (χ4v) is 2.42. The van der Waals surface area contributed by atoms with Crippen LogP contribution in [0.3, 0.4) is 0 Å². The summed E-state index contributed by atoms with van der Waals surface area (Å²) in [6.07, 6.45) is -1.27. The van der Waals surface area contributed by atoms with Gasteiger partial charge in [-0.25, -0.2) is 4.98 Å². The van der Waals surface area contributed by atoms with Crippen LogP contribution in [-0.4, -0.2) is 9.38 Å². The molecule has 0 unspecified atom stereocenters. The van der Waals surface area contributed by atoms with Crippen molar-refractivity contribution in [3.8, 4) is 11.3 Å². The van der Waals surface area contributed by atoms with E-state index in [0.717, 1.165) is 16.1 Å². The third-order valence-electron chi connectivity index (χ3n) is 2.91. The minimum Gasteiger partial charge on any atom is -0.306 e. The van der Waals surface area contributed by atoms with E-state index in [-0.39, 0.29) is 5.65 Å². The topological polar surface area (TPSA) is 17.3 Å². The van der Waals surface area contributed by atoms with E-state index in [0.29, 0.717) is 5.69 Å². The van der Waals surface area contributed by atoms with Crippen LogP contribution in [0, 0.1) is 0 Å². The van der Waals surface area contributed by atoms with E-state index in [1.54, 1.807) is 18.5 Å². The van der Waals surface area contributed by atoms with Gasteiger partial charge in [0.05, 0.1) is 11.3 Å². The predicted octanol–water partition coefficient (Wildman–Crippen LogP) is 4.78. The van der Waals surface area contributed by atoms with Gasteiger partial charge in [0.2, 0.25) is 0 Å². The number of hydrogen-bond acceptors (Lipinski definition) is 1. The number of nitrogens with zero attached hydrogens (tertiary/aromatic N) is 2. The molecule has 0 N–H and O–H groups in total. The van der Waals surface area contributed by atoms with E-state index in [1.807, 2.05) is 18.2 Å². The average molecular weight is 341 g/mol. The van der Waals surface area contributed by atoms with E-state index in [4.69, 9.17) is 0 Å². The lowest BCUT2D eigenvalue weighted by atomic mass is 10.2. The number of hydrogen-bond donors (Lipinski definition) is 0. The zero-order valence-corrected chi connectivity index (χ0v) is 11.6. The largest absolute Gasteiger partial charge is 0.419 e. The van der Waals surface area contributed by atoms with Gasteiger partial charge in [-0.05, 0) is 24.3 Å².